The van der Waals surface area contributed by atoms with Gasteiger partial charge in [0.2, 0.25) is 0 Å². The van der Waals surface area contributed by atoms with Crippen LogP contribution in [0.3, 0.4) is 0 Å². The van der Waals surface area contributed by atoms with Crippen molar-refractivity contribution in [1.82, 2.24) is 0 Å². The largest absolute Gasteiger partial charge is 0.466 e. The molecule has 1 unspecified atom stereocenters. The maximum atomic E-state index is 11.6. The van der Waals surface area contributed by atoms with E-state index in [0.717, 1.165) is 19.3 Å². The van der Waals surface area contributed by atoms with Crippen molar-refractivity contribution in [2.45, 2.75) is 39.5 Å². The number of hydrogen-bond donors (Lipinski definition) is 0. The van der Waals surface area contributed by atoms with Crippen LogP contribution in [0.25, 0.3) is 0 Å². The van der Waals surface area contributed by atoms with Crippen LogP contribution in [-0.4, -0.2) is 18.4 Å². The second kappa shape index (κ2) is 5.13. The van der Waals surface area contributed by atoms with E-state index in [0.29, 0.717) is 12.5 Å². The lowest BCUT2D eigenvalue weighted by molar-refractivity contribution is -0.146. The molecule has 3 heteroatoms. The van der Waals surface area contributed by atoms with Crippen LogP contribution in [0.15, 0.2) is 0 Å². The molecule has 0 aromatic heterocycles. The van der Waals surface area contributed by atoms with Gasteiger partial charge in [0.1, 0.15) is 12.2 Å². The first kappa shape index (κ1) is 11.2. The average molecular weight is 198 g/mol. The number of Topliss-reactive ketones (excluding diaryl/α,β-unsaturated/α-hetero) is 1. The lowest BCUT2D eigenvalue weighted by Gasteiger charge is -2.11. The van der Waals surface area contributed by atoms with Crippen LogP contribution in [0.4, 0.5) is 0 Å². The molecule has 14 heavy (non-hydrogen) atoms. The van der Waals surface area contributed by atoms with Crippen LogP contribution < -0.4 is 0 Å². The van der Waals surface area contributed by atoms with Crippen LogP contribution in [0, 0.1) is 11.8 Å². The molecule has 0 heterocycles. The highest BCUT2D eigenvalue weighted by molar-refractivity contribution is 5.97. The van der Waals surface area contributed by atoms with Crippen molar-refractivity contribution in [2.75, 3.05) is 6.61 Å². The average Bonchev–Trinajstić information content (AvgIpc) is 2.89. The van der Waals surface area contributed by atoms with Crippen LogP contribution in [-0.2, 0) is 14.3 Å². The molecule has 1 fully saturated rings. The van der Waals surface area contributed by atoms with Gasteiger partial charge in [0.15, 0.2) is 0 Å². The van der Waals surface area contributed by atoms with E-state index in [1.165, 1.54) is 0 Å². The van der Waals surface area contributed by atoms with E-state index in [1.54, 1.807) is 6.92 Å². The molecule has 1 aliphatic carbocycles. The highest BCUT2D eigenvalue weighted by Gasteiger charge is 2.35. The predicted molar refractivity (Wildman–Crippen MR) is 52.8 cm³/mol. The summed E-state index contributed by atoms with van der Waals surface area (Å²) in [6.45, 7) is 4.11. The van der Waals surface area contributed by atoms with Gasteiger partial charge in [-0.15, -0.1) is 0 Å². The third-order valence-corrected chi connectivity index (χ3v) is 2.67. The third kappa shape index (κ3) is 3.13. The summed E-state index contributed by atoms with van der Waals surface area (Å²) in [5.41, 5.74) is 0. The normalized spacial score (nSPS) is 17.6. The van der Waals surface area contributed by atoms with Crippen molar-refractivity contribution in [3.8, 4) is 0 Å². The van der Waals surface area contributed by atoms with E-state index in [-0.39, 0.29) is 24.1 Å². The van der Waals surface area contributed by atoms with Gasteiger partial charge < -0.3 is 4.74 Å². The molecular weight excluding hydrogens is 180 g/mol. The van der Waals surface area contributed by atoms with Gasteiger partial charge in [-0.25, -0.2) is 0 Å². The van der Waals surface area contributed by atoms with Gasteiger partial charge in [-0.1, -0.05) is 6.92 Å². The summed E-state index contributed by atoms with van der Waals surface area (Å²) in [5.74, 6) is 0.325. The fourth-order valence-corrected chi connectivity index (χ4v) is 1.81. The fourth-order valence-electron chi connectivity index (χ4n) is 1.81. The second-order valence-corrected chi connectivity index (χ2v) is 3.80. The number of ether oxygens (including phenoxy) is 1. The zero-order valence-corrected chi connectivity index (χ0v) is 8.91. The number of hydrogen-bond acceptors (Lipinski definition) is 3. The highest BCUT2D eigenvalue weighted by Crippen LogP contribution is 2.39. The first-order chi connectivity index (χ1) is 6.69. The molecule has 0 aliphatic heterocycles. The minimum Gasteiger partial charge on any atom is -0.466 e. The fraction of sp³-hybridized carbons (Fsp3) is 0.818. The number of carbonyl (C=O) groups excluding carboxylic acids is 2. The topological polar surface area (TPSA) is 43.4 Å². The van der Waals surface area contributed by atoms with Gasteiger partial charge in [-0.3, -0.25) is 9.59 Å². The highest BCUT2D eigenvalue weighted by atomic mass is 16.5. The molecule has 1 rings (SSSR count). The molecule has 0 spiro atoms. The van der Waals surface area contributed by atoms with E-state index in [4.69, 9.17) is 4.74 Å². The Morgan fingerprint density at radius 2 is 2.00 bits per heavy atom. The van der Waals surface area contributed by atoms with E-state index in [9.17, 15) is 9.59 Å². The third-order valence-electron chi connectivity index (χ3n) is 2.67. The summed E-state index contributed by atoms with van der Waals surface area (Å²) in [4.78, 5) is 22.7. The minimum atomic E-state index is -0.378. The van der Waals surface area contributed by atoms with Crippen molar-refractivity contribution in [1.29, 1.82) is 0 Å². The number of ketones is 1. The standard InChI is InChI=1S/C11H18O3/c1-3-9(8-5-6-8)10(12)7-11(13)14-4-2/h8-9H,3-7H2,1-2H3. The molecule has 0 bridgehead atoms. The minimum absolute atomic E-state index is 0.0388. The Bertz CT molecular complexity index is 219. The number of rotatable bonds is 6. The Balaban J connectivity index is 2.35. The molecule has 1 atom stereocenters. The smallest absolute Gasteiger partial charge is 0.313 e. The van der Waals surface area contributed by atoms with Gasteiger partial charge in [-0.2, -0.15) is 0 Å². The molecule has 80 valence electrons. The van der Waals surface area contributed by atoms with Crippen molar-refractivity contribution in [3.05, 3.63) is 0 Å². The Morgan fingerprint density at radius 1 is 1.36 bits per heavy atom. The molecular formula is C11H18O3. The van der Waals surface area contributed by atoms with Crippen LogP contribution in [0.1, 0.15) is 39.5 Å². The van der Waals surface area contributed by atoms with Gasteiger partial charge in [0.25, 0.3) is 0 Å². The van der Waals surface area contributed by atoms with Crippen molar-refractivity contribution in [2.24, 2.45) is 11.8 Å². The second-order valence-electron chi connectivity index (χ2n) is 3.80. The lowest BCUT2D eigenvalue weighted by Crippen LogP contribution is -2.20. The molecule has 1 aliphatic rings. The van der Waals surface area contributed by atoms with Gasteiger partial charge in [0, 0.05) is 5.92 Å². The van der Waals surface area contributed by atoms with E-state index < -0.39 is 0 Å². The molecule has 0 saturated heterocycles. The predicted octanol–water partition coefficient (Wildman–Crippen LogP) is 1.94. The molecule has 0 aromatic carbocycles. The molecule has 3 nitrogen and oxygen atoms in total. The maximum absolute atomic E-state index is 11.6. The number of carbonyl (C=O) groups is 2. The van der Waals surface area contributed by atoms with Crippen molar-refractivity contribution in [3.63, 3.8) is 0 Å². The van der Waals surface area contributed by atoms with Gasteiger partial charge >= 0.3 is 5.97 Å². The Kier molecular flexibility index (Phi) is 4.11. The van der Waals surface area contributed by atoms with E-state index >= 15 is 0 Å². The SMILES string of the molecule is CCOC(=O)CC(=O)C(CC)C1CC1. The Hall–Kier alpha value is -0.860. The Labute approximate surface area is 84.8 Å². The monoisotopic (exact) mass is 198 g/mol. The zero-order chi connectivity index (χ0) is 10.6. The molecule has 0 aromatic rings. The zero-order valence-electron chi connectivity index (χ0n) is 8.91. The lowest BCUT2D eigenvalue weighted by atomic mass is 9.94. The van der Waals surface area contributed by atoms with Crippen molar-refractivity contribution < 1.29 is 14.3 Å². The van der Waals surface area contributed by atoms with E-state index in [1.807, 2.05) is 6.92 Å². The Morgan fingerprint density at radius 3 is 2.43 bits per heavy atom. The summed E-state index contributed by atoms with van der Waals surface area (Å²) in [7, 11) is 0. The maximum Gasteiger partial charge on any atom is 0.313 e. The molecule has 0 radical (unpaired) electrons. The van der Waals surface area contributed by atoms with E-state index in [2.05, 4.69) is 0 Å². The first-order valence-electron chi connectivity index (χ1n) is 5.37. The molecule has 0 N–H and O–H groups in total. The summed E-state index contributed by atoms with van der Waals surface area (Å²) >= 11 is 0. The van der Waals surface area contributed by atoms with Crippen molar-refractivity contribution >= 4 is 11.8 Å². The first-order valence-corrected chi connectivity index (χ1v) is 5.37. The van der Waals surface area contributed by atoms with Crippen LogP contribution >= 0.6 is 0 Å². The summed E-state index contributed by atoms with van der Waals surface area (Å²) < 4.78 is 4.75. The summed E-state index contributed by atoms with van der Waals surface area (Å²) in [6.07, 6.45) is 3.10. The summed E-state index contributed by atoms with van der Waals surface area (Å²) in [6, 6.07) is 0. The number of esters is 1. The quantitative estimate of drug-likeness (QED) is 0.484. The van der Waals surface area contributed by atoms with Gasteiger partial charge in [-0.05, 0) is 32.1 Å². The van der Waals surface area contributed by atoms with Gasteiger partial charge in [0.05, 0.1) is 6.61 Å². The summed E-state index contributed by atoms with van der Waals surface area (Å²) in [5, 5.41) is 0. The van der Waals surface area contributed by atoms with Crippen LogP contribution in [0.5, 0.6) is 0 Å². The molecule has 0 amide bonds. The van der Waals surface area contributed by atoms with Crippen LogP contribution in [0.2, 0.25) is 0 Å². The molecule has 1 saturated carbocycles.